The summed E-state index contributed by atoms with van der Waals surface area (Å²) >= 11 is 0.684. The van der Waals surface area contributed by atoms with Crippen LogP contribution in [-0.4, -0.2) is 35.7 Å². The van der Waals surface area contributed by atoms with Gasteiger partial charge in [-0.05, 0) is 62.7 Å². The van der Waals surface area contributed by atoms with Gasteiger partial charge in [0.15, 0.2) is 0 Å². The molecule has 1 aliphatic heterocycles. The third-order valence-electron chi connectivity index (χ3n) is 6.63. The number of benzene rings is 2. The Morgan fingerprint density at radius 1 is 1.00 bits per heavy atom. The van der Waals surface area contributed by atoms with Gasteiger partial charge in [-0.25, -0.2) is 0 Å². The van der Waals surface area contributed by atoms with E-state index in [-0.39, 0.29) is 11.0 Å². The lowest BCUT2D eigenvalue weighted by atomic mass is 9.94. The summed E-state index contributed by atoms with van der Waals surface area (Å²) in [6, 6.07) is 9.07. The quantitative estimate of drug-likeness (QED) is 0.359. The second-order valence-electron chi connectivity index (χ2n) is 8.71. The molecule has 1 N–H and O–H groups in total. The van der Waals surface area contributed by atoms with Crippen molar-refractivity contribution in [3.63, 3.8) is 0 Å². The van der Waals surface area contributed by atoms with Gasteiger partial charge >= 0.3 is 12.4 Å². The maximum atomic E-state index is 13.9. The molecular weight excluding hydrogens is 478 g/mol. The molecular formula is C24H24F6N2OS. The number of hydrogen-bond donors (Lipinski definition) is 1. The molecule has 4 rings (SSSR count). The molecule has 0 bridgehead atoms. The second-order valence-corrected chi connectivity index (χ2v) is 9.56. The molecule has 2 aromatic rings. The van der Waals surface area contributed by atoms with Crippen LogP contribution in [0.5, 0.6) is 0 Å². The molecule has 1 heterocycles. The zero-order valence-corrected chi connectivity index (χ0v) is 19.2. The Bertz CT molecular complexity index is 1040. The fourth-order valence-corrected chi connectivity index (χ4v) is 5.50. The van der Waals surface area contributed by atoms with E-state index in [4.69, 9.17) is 0 Å². The Kier molecular flexibility index (Phi) is 6.67. The van der Waals surface area contributed by atoms with Crippen molar-refractivity contribution in [1.29, 1.82) is 0 Å². The third-order valence-corrected chi connectivity index (χ3v) is 7.39. The van der Waals surface area contributed by atoms with Gasteiger partial charge in [-0.2, -0.15) is 26.3 Å². The van der Waals surface area contributed by atoms with Crippen molar-refractivity contribution in [2.75, 3.05) is 19.3 Å². The number of nitrogens with one attached hydrogen (secondary N) is 1. The van der Waals surface area contributed by atoms with Crippen molar-refractivity contribution in [3.05, 3.63) is 64.7 Å². The zero-order chi connectivity index (χ0) is 24.7. The fourth-order valence-electron chi connectivity index (χ4n) is 4.85. The molecule has 1 unspecified atom stereocenters. The molecule has 1 amide bonds. The minimum absolute atomic E-state index is 0.0273. The number of thioether (sulfide) groups is 1. The first-order valence-electron chi connectivity index (χ1n) is 10.9. The van der Waals surface area contributed by atoms with Gasteiger partial charge in [-0.3, -0.25) is 9.69 Å². The van der Waals surface area contributed by atoms with E-state index in [9.17, 15) is 31.1 Å². The minimum atomic E-state index is -5.13. The lowest BCUT2D eigenvalue weighted by molar-refractivity contribution is -0.143. The molecule has 1 atom stereocenters. The molecule has 0 aromatic heterocycles. The normalized spacial score (nSPS) is 19.1. The first kappa shape index (κ1) is 24.9. The summed E-state index contributed by atoms with van der Waals surface area (Å²) in [6.45, 7) is 1.67. The molecule has 184 valence electrons. The van der Waals surface area contributed by atoms with Gasteiger partial charge in [0.05, 0.1) is 22.7 Å². The van der Waals surface area contributed by atoms with E-state index in [1.807, 2.05) is 12.1 Å². The number of amides is 1. The largest absolute Gasteiger partial charge is 0.417 e. The lowest BCUT2D eigenvalue weighted by Gasteiger charge is -2.36. The minimum Gasteiger partial charge on any atom is -0.343 e. The highest BCUT2D eigenvalue weighted by molar-refractivity contribution is 7.98. The van der Waals surface area contributed by atoms with Gasteiger partial charge in [0, 0.05) is 10.4 Å². The molecule has 2 aromatic carbocycles. The molecule has 0 spiro atoms. The molecule has 0 radical (unpaired) electrons. The standard InChI is InChI=1S/C24H24F6N2OS/c1-34-18-14-16(23(25,26)27)13-17(24(28,29)30)19(18)21(33)31-20(15-7-3-2-4-8-15)22(9-10-22)32-11-5-6-12-32/h2-4,7-8,13-14,20H,5-6,9-12H2,1H3,(H,31,33). The number of hydrogen-bond acceptors (Lipinski definition) is 3. The molecule has 3 nitrogen and oxygen atoms in total. The molecule has 1 saturated carbocycles. The number of carbonyl (C=O) groups excluding carboxylic acids is 1. The average Bonchev–Trinajstić information content (AvgIpc) is 3.39. The van der Waals surface area contributed by atoms with Crippen LogP contribution in [0.2, 0.25) is 0 Å². The van der Waals surface area contributed by atoms with Crippen molar-refractivity contribution in [1.82, 2.24) is 10.2 Å². The van der Waals surface area contributed by atoms with Gasteiger partial charge in [0.1, 0.15) is 0 Å². The van der Waals surface area contributed by atoms with Crippen molar-refractivity contribution < 1.29 is 31.1 Å². The van der Waals surface area contributed by atoms with Crippen molar-refractivity contribution >= 4 is 17.7 Å². The maximum absolute atomic E-state index is 13.9. The molecule has 2 fully saturated rings. The van der Waals surface area contributed by atoms with E-state index in [1.165, 1.54) is 6.26 Å². The topological polar surface area (TPSA) is 32.3 Å². The van der Waals surface area contributed by atoms with Gasteiger partial charge in [0.25, 0.3) is 5.91 Å². The third kappa shape index (κ3) is 4.79. The maximum Gasteiger partial charge on any atom is 0.417 e. The number of alkyl halides is 6. The van der Waals surface area contributed by atoms with Gasteiger partial charge in [-0.1, -0.05) is 30.3 Å². The lowest BCUT2D eigenvalue weighted by Crippen LogP contribution is -2.47. The van der Waals surface area contributed by atoms with Crippen LogP contribution in [0.25, 0.3) is 0 Å². The van der Waals surface area contributed by atoms with Crippen LogP contribution in [0.3, 0.4) is 0 Å². The Labute approximate surface area is 197 Å². The van der Waals surface area contributed by atoms with Crippen molar-refractivity contribution in [3.8, 4) is 0 Å². The van der Waals surface area contributed by atoms with Gasteiger partial charge in [0.2, 0.25) is 0 Å². The molecule has 1 saturated heterocycles. The summed E-state index contributed by atoms with van der Waals surface area (Å²) in [6.07, 6.45) is -5.18. The average molecular weight is 503 g/mol. The predicted molar refractivity (Wildman–Crippen MR) is 118 cm³/mol. The van der Waals surface area contributed by atoms with E-state index in [2.05, 4.69) is 10.2 Å². The highest BCUT2D eigenvalue weighted by Gasteiger charge is 2.55. The molecule has 1 aliphatic carbocycles. The number of nitrogens with zero attached hydrogens (tertiary/aromatic N) is 1. The van der Waals surface area contributed by atoms with Crippen LogP contribution >= 0.6 is 11.8 Å². The van der Waals surface area contributed by atoms with E-state index in [0.29, 0.717) is 17.8 Å². The molecule has 2 aliphatic rings. The summed E-state index contributed by atoms with van der Waals surface area (Å²) in [5.74, 6) is -1.02. The number of halogens is 6. The zero-order valence-electron chi connectivity index (χ0n) is 18.4. The first-order valence-corrected chi connectivity index (χ1v) is 12.2. The Morgan fingerprint density at radius 2 is 1.62 bits per heavy atom. The smallest absolute Gasteiger partial charge is 0.343 e. The summed E-state index contributed by atoms with van der Waals surface area (Å²) in [4.78, 5) is 15.3. The van der Waals surface area contributed by atoms with Gasteiger partial charge in [-0.15, -0.1) is 11.8 Å². The predicted octanol–water partition coefficient (Wildman–Crippen LogP) is 6.55. The van der Waals surface area contributed by atoms with E-state index >= 15 is 0 Å². The van der Waals surface area contributed by atoms with Crippen LogP contribution in [0.15, 0.2) is 47.4 Å². The summed E-state index contributed by atoms with van der Waals surface area (Å²) in [5.41, 5.74) is -3.44. The molecule has 10 heteroatoms. The number of rotatable bonds is 6. The van der Waals surface area contributed by atoms with E-state index in [0.717, 1.165) is 44.3 Å². The van der Waals surface area contributed by atoms with Crippen LogP contribution in [-0.2, 0) is 12.4 Å². The summed E-state index contributed by atoms with van der Waals surface area (Å²) in [7, 11) is 0. The van der Waals surface area contributed by atoms with Crippen LogP contribution in [0.4, 0.5) is 26.3 Å². The first-order chi connectivity index (χ1) is 16.0. The van der Waals surface area contributed by atoms with Crippen molar-refractivity contribution in [2.45, 2.75) is 54.5 Å². The Hall–Kier alpha value is -2.20. The van der Waals surface area contributed by atoms with Crippen LogP contribution < -0.4 is 5.32 Å². The molecule has 34 heavy (non-hydrogen) atoms. The summed E-state index contributed by atoms with van der Waals surface area (Å²) < 4.78 is 81.5. The van der Waals surface area contributed by atoms with Crippen molar-refractivity contribution in [2.24, 2.45) is 0 Å². The number of carbonyl (C=O) groups is 1. The highest BCUT2D eigenvalue weighted by Crippen LogP contribution is 2.52. The van der Waals surface area contributed by atoms with E-state index < -0.39 is 46.5 Å². The van der Waals surface area contributed by atoms with Gasteiger partial charge < -0.3 is 5.32 Å². The Balaban J connectivity index is 1.78. The summed E-state index contributed by atoms with van der Waals surface area (Å²) in [5, 5.41) is 2.80. The highest BCUT2D eigenvalue weighted by atomic mass is 32.2. The Morgan fingerprint density at radius 3 is 2.12 bits per heavy atom. The second kappa shape index (κ2) is 9.11. The van der Waals surface area contributed by atoms with Crippen LogP contribution in [0, 0.1) is 0 Å². The monoisotopic (exact) mass is 502 g/mol. The van der Waals surface area contributed by atoms with E-state index in [1.54, 1.807) is 18.2 Å². The van der Waals surface area contributed by atoms with Crippen LogP contribution in [0.1, 0.15) is 58.8 Å². The SMILES string of the molecule is CSc1cc(C(F)(F)F)cc(C(F)(F)F)c1C(=O)NC(c1ccccc1)C1(N2CCCC2)CC1. The number of likely N-dealkylation sites (tertiary alicyclic amines) is 1. The fraction of sp³-hybridized carbons (Fsp3) is 0.458.